The van der Waals surface area contributed by atoms with Gasteiger partial charge in [0.25, 0.3) is 0 Å². The van der Waals surface area contributed by atoms with Gasteiger partial charge in [0.1, 0.15) is 5.60 Å². The predicted molar refractivity (Wildman–Crippen MR) is 80.9 cm³/mol. The number of carbonyl (C=O) groups excluding carboxylic acids is 2. The van der Waals surface area contributed by atoms with Gasteiger partial charge in [0.2, 0.25) is 0 Å². The fourth-order valence-corrected chi connectivity index (χ4v) is 1.43. The van der Waals surface area contributed by atoms with Crippen molar-refractivity contribution in [1.82, 2.24) is 5.32 Å². The van der Waals surface area contributed by atoms with Gasteiger partial charge in [-0.3, -0.25) is 4.79 Å². The van der Waals surface area contributed by atoms with Crippen molar-refractivity contribution in [3.63, 3.8) is 0 Å². The second kappa shape index (κ2) is 7.46. The minimum atomic E-state index is -0.525. The van der Waals surface area contributed by atoms with E-state index >= 15 is 0 Å². The molecule has 0 heterocycles. The van der Waals surface area contributed by atoms with Crippen molar-refractivity contribution in [3.8, 4) is 11.8 Å². The average molecular weight is 288 g/mol. The lowest BCUT2D eigenvalue weighted by Gasteiger charge is -2.18. The van der Waals surface area contributed by atoms with E-state index in [9.17, 15) is 9.59 Å². The van der Waals surface area contributed by atoms with E-state index in [-0.39, 0.29) is 18.9 Å². The number of rotatable bonds is 3. The van der Waals surface area contributed by atoms with E-state index in [4.69, 9.17) is 10.5 Å². The molecule has 0 aliphatic heterocycles. The van der Waals surface area contributed by atoms with Gasteiger partial charge < -0.3 is 15.8 Å². The molecule has 1 rings (SSSR count). The number of carbonyl (C=O) groups is 2. The minimum Gasteiger partial charge on any atom is -0.444 e. The molecule has 0 fully saturated rings. The summed E-state index contributed by atoms with van der Waals surface area (Å²) in [6.45, 7) is 5.57. The molecule has 0 saturated carbocycles. The Kier molecular flexibility index (Phi) is 5.94. The first-order chi connectivity index (χ1) is 9.81. The Balaban J connectivity index is 2.48. The number of hydrogen-bond acceptors (Lipinski definition) is 4. The summed E-state index contributed by atoms with van der Waals surface area (Å²) in [6.07, 6.45) is -0.499. The highest BCUT2D eigenvalue weighted by molar-refractivity contribution is 5.97. The monoisotopic (exact) mass is 288 g/mol. The Labute approximate surface area is 124 Å². The van der Waals surface area contributed by atoms with Gasteiger partial charge in [0, 0.05) is 11.1 Å². The van der Waals surface area contributed by atoms with Gasteiger partial charge in [-0.25, -0.2) is 4.79 Å². The molecule has 0 saturated heterocycles. The molecular formula is C16H20N2O3. The number of alkyl carbamates (subject to hydrolysis) is 1. The predicted octanol–water partition coefficient (Wildman–Crippen LogP) is 1.70. The lowest BCUT2D eigenvalue weighted by atomic mass is 10.1. The molecule has 0 unspecified atom stereocenters. The zero-order valence-electron chi connectivity index (χ0n) is 12.5. The molecule has 3 N–H and O–H groups in total. The molecule has 0 spiro atoms. The Morgan fingerprint density at radius 1 is 1.24 bits per heavy atom. The van der Waals surface area contributed by atoms with Crippen LogP contribution in [0.4, 0.5) is 4.79 Å². The number of ketones is 1. The topological polar surface area (TPSA) is 81.4 Å². The Hall–Kier alpha value is -2.32. The van der Waals surface area contributed by atoms with Crippen molar-refractivity contribution in [1.29, 1.82) is 0 Å². The van der Waals surface area contributed by atoms with Crippen LogP contribution in [0.5, 0.6) is 0 Å². The van der Waals surface area contributed by atoms with Crippen LogP contribution in [0.2, 0.25) is 0 Å². The third kappa shape index (κ3) is 6.59. The number of ether oxygens (including phenoxy) is 1. The summed E-state index contributed by atoms with van der Waals surface area (Å²) in [5.41, 5.74) is 6.08. The molecule has 21 heavy (non-hydrogen) atoms. The number of amides is 1. The minimum absolute atomic E-state index is 0.00909. The molecule has 1 aromatic rings. The van der Waals surface area contributed by atoms with Gasteiger partial charge in [0.15, 0.2) is 5.78 Å². The second-order valence-corrected chi connectivity index (χ2v) is 5.36. The molecule has 1 aromatic carbocycles. The summed E-state index contributed by atoms with van der Waals surface area (Å²) in [5, 5.41) is 2.54. The van der Waals surface area contributed by atoms with Crippen molar-refractivity contribution in [2.24, 2.45) is 5.73 Å². The zero-order chi connectivity index (χ0) is 15.9. The SMILES string of the molecule is CC(C)(C)OC(=O)NCC#Cc1ccc(C(=O)CN)cc1. The normalized spacial score (nSPS) is 10.3. The number of nitrogens with one attached hydrogen (secondary N) is 1. The lowest BCUT2D eigenvalue weighted by molar-refractivity contribution is 0.0535. The van der Waals surface area contributed by atoms with Crippen LogP contribution in [-0.4, -0.2) is 30.6 Å². The summed E-state index contributed by atoms with van der Waals surface area (Å²) in [7, 11) is 0. The lowest BCUT2D eigenvalue weighted by Crippen LogP contribution is -2.32. The van der Waals surface area contributed by atoms with Crippen molar-refractivity contribution in [2.45, 2.75) is 26.4 Å². The van der Waals surface area contributed by atoms with Gasteiger partial charge in [-0.2, -0.15) is 0 Å². The van der Waals surface area contributed by atoms with E-state index in [2.05, 4.69) is 17.2 Å². The fourth-order valence-electron chi connectivity index (χ4n) is 1.43. The quantitative estimate of drug-likeness (QED) is 0.655. The van der Waals surface area contributed by atoms with Crippen LogP contribution in [0.3, 0.4) is 0 Å². The number of benzene rings is 1. The van der Waals surface area contributed by atoms with Crippen molar-refractivity contribution in [3.05, 3.63) is 35.4 Å². The highest BCUT2D eigenvalue weighted by Crippen LogP contribution is 2.06. The molecule has 0 atom stereocenters. The van der Waals surface area contributed by atoms with Gasteiger partial charge in [0.05, 0.1) is 13.1 Å². The van der Waals surface area contributed by atoms with Crippen LogP contribution in [0.1, 0.15) is 36.7 Å². The molecule has 5 nitrogen and oxygen atoms in total. The molecule has 5 heteroatoms. The zero-order valence-corrected chi connectivity index (χ0v) is 12.5. The van der Waals surface area contributed by atoms with E-state index in [1.54, 1.807) is 45.0 Å². The Morgan fingerprint density at radius 2 is 1.86 bits per heavy atom. The third-order valence-corrected chi connectivity index (χ3v) is 2.34. The van der Waals surface area contributed by atoms with Crippen LogP contribution < -0.4 is 11.1 Å². The molecule has 0 aliphatic rings. The van der Waals surface area contributed by atoms with Crippen molar-refractivity contribution in [2.75, 3.05) is 13.1 Å². The Bertz CT molecular complexity index is 560. The molecule has 0 aromatic heterocycles. The van der Waals surface area contributed by atoms with E-state index in [0.29, 0.717) is 5.56 Å². The number of Topliss-reactive ketones (excluding diaryl/α,β-unsaturated/α-hetero) is 1. The van der Waals surface area contributed by atoms with E-state index in [0.717, 1.165) is 5.56 Å². The maximum atomic E-state index is 11.4. The van der Waals surface area contributed by atoms with Crippen LogP contribution in [-0.2, 0) is 4.74 Å². The average Bonchev–Trinajstić information content (AvgIpc) is 2.41. The number of hydrogen-bond donors (Lipinski definition) is 2. The smallest absolute Gasteiger partial charge is 0.408 e. The summed E-state index contributed by atoms with van der Waals surface area (Å²) in [4.78, 5) is 22.7. The summed E-state index contributed by atoms with van der Waals surface area (Å²) >= 11 is 0. The largest absolute Gasteiger partial charge is 0.444 e. The van der Waals surface area contributed by atoms with E-state index in [1.807, 2.05) is 0 Å². The van der Waals surface area contributed by atoms with Crippen molar-refractivity contribution >= 4 is 11.9 Å². The van der Waals surface area contributed by atoms with Crippen LogP contribution in [0.15, 0.2) is 24.3 Å². The summed E-state index contributed by atoms with van der Waals surface area (Å²) in [6, 6.07) is 6.84. The first-order valence-corrected chi connectivity index (χ1v) is 6.61. The maximum absolute atomic E-state index is 11.4. The van der Waals surface area contributed by atoms with Gasteiger partial charge in [-0.15, -0.1) is 0 Å². The summed E-state index contributed by atoms with van der Waals surface area (Å²) in [5.74, 6) is 5.58. The highest BCUT2D eigenvalue weighted by Gasteiger charge is 2.14. The number of nitrogens with two attached hydrogens (primary N) is 1. The van der Waals surface area contributed by atoms with Crippen molar-refractivity contribution < 1.29 is 14.3 Å². The second-order valence-electron chi connectivity index (χ2n) is 5.36. The standard InChI is InChI=1S/C16H20N2O3/c1-16(2,3)21-15(20)18-10-4-5-12-6-8-13(9-7-12)14(19)11-17/h6-9H,10-11,17H2,1-3H3,(H,18,20). The highest BCUT2D eigenvalue weighted by atomic mass is 16.6. The first-order valence-electron chi connectivity index (χ1n) is 6.61. The fraction of sp³-hybridized carbons (Fsp3) is 0.375. The van der Waals surface area contributed by atoms with E-state index in [1.165, 1.54) is 0 Å². The molecular weight excluding hydrogens is 268 g/mol. The van der Waals surface area contributed by atoms with Crippen LogP contribution >= 0.6 is 0 Å². The van der Waals surface area contributed by atoms with Gasteiger partial charge in [-0.05, 0) is 32.9 Å². The summed E-state index contributed by atoms with van der Waals surface area (Å²) < 4.78 is 5.08. The Morgan fingerprint density at radius 3 is 2.38 bits per heavy atom. The van der Waals surface area contributed by atoms with Crippen LogP contribution in [0, 0.1) is 11.8 Å². The third-order valence-electron chi connectivity index (χ3n) is 2.34. The van der Waals surface area contributed by atoms with Crippen LogP contribution in [0.25, 0.3) is 0 Å². The molecule has 112 valence electrons. The van der Waals surface area contributed by atoms with E-state index < -0.39 is 11.7 Å². The molecule has 0 bridgehead atoms. The van der Waals surface area contributed by atoms with Gasteiger partial charge in [-0.1, -0.05) is 24.0 Å². The van der Waals surface area contributed by atoms with Gasteiger partial charge >= 0.3 is 6.09 Å². The molecule has 0 radical (unpaired) electrons. The first kappa shape index (κ1) is 16.7. The maximum Gasteiger partial charge on any atom is 0.408 e. The molecule has 1 amide bonds. The molecule has 0 aliphatic carbocycles.